The van der Waals surface area contributed by atoms with E-state index in [1.54, 1.807) is 6.07 Å². The molecule has 2 aromatic carbocycles. The summed E-state index contributed by atoms with van der Waals surface area (Å²) in [6.45, 7) is 0. The highest BCUT2D eigenvalue weighted by molar-refractivity contribution is 6.16. The number of para-hydroxylation sites is 1. The lowest BCUT2D eigenvalue weighted by Gasteiger charge is -2.04. The van der Waals surface area contributed by atoms with Gasteiger partial charge in [0.15, 0.2) is 0 Å². The van der Waals surface area contributed by atoms with Crippen LogP contribution in [0.3, 0.4) is 0 Å². The van der Waals surface area contributed by atoms with E-state index in [4.69, 9.17) is 16.0 Å². The Kier molecular flexibility index (Phi) is 3.01. The van der Waals surface area contributed by atoms with Gasteiger partial charge in [-0.2, -0.15) is 0 Å². The van der Waals surface area contributed by atoms with Crippen LogP contribution in [0, 0.1) is 5.82 Å². The molecule has 0 amide bonds. The Balaban J connectivity index is 2.00. The number of nitrogens with zero attached hydrogens (tertiary/aromatic N) is 3. The third kappa shape index (κ3) is 2.10. The largest absolute Gasteiger partial charge is 0.444 e. The summed E-state index contributed by atoms with van der Waals surface area (Å²) in [5, 5.41) is 0. The number of oxazole rings is 1. The van der Waals surface area contributed by atoms with E-state index in [0.717, 1.165) is 5.56 Å². The Morgan fingerprint density at radius 1 is 1.00 bits per heavy atom. The van der Waals surface area contributed by atoms with Gasteiger partial charge in [-0.25, -0.2) is 19.3 Å². The van der Waals surface area contributed by atoms with Gasteiger partial charge in [-0.3, -0.25) is 0 Å². The highest BCUT2D eigenvalue weighted by Crippen LogP contribution is 2.27. The van der Waals surface area contributed by atoms with Gasteiger partial charge in [0.1, 0.15) is 17.6 Å². The van der Waals surface area contributed by atoms with Gasteiger partial charge < -0.3 is 4.42 Å². The van der Waals surface area contributed by atoms with Crippen molar-refractivity contribution in [1.82, 2.24) is 15.0 Å². The van der Waals surface area contributed by atoms with E-state index in [2.05, 4.69) is 15.0 Å². The van der Waals surface area contributed by atoms with Crippen LogP contribution in [0.25, 0.3) is 33.5 Å². The number of hydrogen-bond donors (Lipinski definition) is 0. The number of rotatable bonds is 2. The number of aromatic nitrogens is 3. The molecule has 4 nitrogen and oxygen atoms in total. The third-order valence-electron chi connectivity index (χ3n) is 3.34. The fourth-order valence-electron chi connectivity index (χ4n) is 2.33. The molecule has 0 bridgehead atoms. The van der Waals surface area contributed by atoms with Crippen LogP contribution in [0.15, 0.2) is 47.1 Å². The van der Waals surface area contributed by atoms with Crippen molar-refractivity contribution in [2.75, 3.05) is 0 Å². The second kappa shape index (κ2) is 5.03. The van der Waals surface area contributed by atoms with Gasteiger partial charge >= 0.3 is 0 Å². The SMILES string of the molecule is Fc1ccc2nc3c(-c4nc(CCl)co4)cccc3nc2c1. The number of hydrogen-bond acceptors (Lipinski definition) is 4. The average Bonchev–Trinajstić information content (AvgIpc) is 3.01. The maximum absolute atomic E-state index is 13.3. The van der Waals surface area contributed by atoms with E-state index in [1.807, 2.05) is 18.2 Å². The number of alkyl halides is 1. The molecule has 0 saturated carbocycles. The van der Waals surface area contributed by atoms with Gasteiger partial charge in [0.25, 0.3) is 0 Å². The van der Waals surface area contributed by atoms with E-state index in [0.29, 0.717) is 33.7 Å². The second-order valence-electron chi connectivity index (χ2n) is 4.81. The van der Waals surface area contributed by atoms with Crippen molar-refractivity contribution in [3.05, 3.63) is 54.2 Å². The fraction of sp³-hybridized carbons (Fsp3) is 0.0625. The van der Waals surface area contributed by atoms with Crippen LogP contribution in [0.2, 0.25) is 0 Å². The van der Waals surface area contributed by atoms with E-state index < -0.39 is 0 Å². The minimum absolute atomic E-state index is 0.280. The maximum atomic E-state index is 13.3. The molecule has 0 aliphatic heterocycles. The summed E-state index contributed by atoms with van der Waals surface area (Å²) in [4.78, 5) is 13.3. The van der Waals surface area contributed by atoms with Crippen molar-refractivity contribution in [1.29, 1.82) is 0 Å². The molecule has 0 spiro atoms. The van der Waals surface area contributed by atoms with E-state index in [1.165, 1.54) is 18.4 Å². The monoisotopic (exact) mass is 313 g/mol. The molecule has 0 aliphatic carbocycles. The lowest BCUT2D eigenvalue weighted by Crippen LogP contribution is -1.91. The van der Waals surface area contributed by atoms with Gasteiger partial charge in [-0.05, 0) is 24.3 Å². The van der Waals surface area contributed by atoms with Crippen LogP contribution in [0.4, 0.5) is 4.39 Å². The molecule has 0 aliphatic rings. The van der Waals surface area contributed by atoms with Crippen molar-refractivity contribution in [3.8, 4) is 11.5 Å². The van der Waals surface area contributed by atoms with Crippen LogP contribution in [0.5, 0.6) is 0 Å². The molecule has 0 unspecified atom stereocenters. The summed E-state index contributed by atoms with van der Waals surface area (Å²) >= 11 is 5.75. The summed E-state index contributed by atoms with van der Waals surface area (Å²) in [6, 6.07) is 9.85. The molecule has 0 radical (unpaired) electrons. The topological polar surface area (TPSA) is 51.8 Å². The van der Waals surface area contributed by atoms with Crippen molar-refractivity contribution >= 4 is 33.7 Å². The van der Waals surface area contributed by atoms with Crippen molar-refractivity contribution in [2.24, 2.45) is 0 Å². The molecule has 4 aromatic rings. The van der Waals surface area contributed by atoms with Crippen molar-refractivity contribution < 1.29 is 8.81 Å². The number of benzene rings is 2. The summed E-state index contributed by atoms with van der Waals surface area (Å²) in [5.41, 5.74) is 3.83. The standard InChI is InChI=1S/C16H9ClFN3O/c17-7-10-8-22-16(19-10)11-2-1-3-13-15(11)21-12-5-4-9(18)6-14(12)20-13/h1-6,8H,7H2. The first-order valence-electron chi connectivity index (χ1n) is 6.61. The summed E-state index contributed by atoms with van der Waals surface area (Å²) < 4.78 is 18.8. The Labute approximate surface area is 129 Å². The molecule has 0 N–H and O–H groups in total. The predicted molar refractivity (Wildman–Crippen MR) is 82.1 cm³/mol. The Morgan fingerprint density at radius 2 is 1.91 bits per heavy atom. The highest BCUT2D eigenvalue weighted by atomic mass is 35.5. The summed E-state index contributed by atoms with van der Waals surface area (Å²) in [6.07, 6.45) is 1.52. The second-order valence-corrected chi connectivity index (χ2v) is 5.07. The molecule has 0 fully saturated rings. The van der Waals surface area contributed by atoms with E-state index in [9.17, 15) is 4.39 Å². The van der Waals surface area contributed by atoms with Crippen LogP contribution >= 0.6 is 11.6 Å². The van der Waals surface area contributed by atoms with E-state index >= 15 is 0 Å². The van der Waals surface area contributed by atoms with Crippen LogP contribution in [-0.2, 0) is 5.88 Å². The van der Waals surface area contributed by atoms with Crippen LogP contribution < -0.4 is 0 Å². The minimum atomic E-state index is -0.336. The van der Waals surface area contributed by atoms with E-state index in [-0.39, 0.29) is 11.7 Å². The zero-order chi connectivity index (χ0) is 15.1. The Morgan fingerprint density at radius 3 is 2.73 bits per heavy atom. The van der Waals surface area contributed by atoms with Crippen LogP contribution in [0.1, 0.15) is 5.69 Å². The quantitative estimate of drug-likeness (QED) is 0.408. The van der Waals surface area contributed by atoms with Crippen LogP contribution in [-0.4, -0.2) is 15.0 Å². The molecular formula is C16H9ClFN3O. The van der Waals surface area contributed by atoms with Gasteiger partial charge in [0.2, 0.25) is 5.89 Å². The predicted octanol–water partition coefficient (Wildman–Crippen LogP) is 4.32. The van der Waals surface area contributed by atoms with Gasteiger partial charge in [0, 0.05) is 6.07 Å². The Hall–Kier alpha value is -2.53. The fourth-order valence-corrected chi connectivity index (χ4v) is 2.46. The molecule has 2 aromatic heterocycles. The lowest BCUT2D eigenvalue weighted by atomic mass is 10.1. The number of fused-ring (bicyclic) bond motifs is 2. The molecule has 108 valence electrons. The maximum Gasteiger partial charge on any atom is 0.228 e. The first kappa shape index (κ1) is 13.2. The Bertz CT molecular complexity index is 999. The molecular weight excluding hydrogens is 305 g/mol. The van der Waals surface area contributed by atoms with Gasteiger partial charge in [0.05, 0.1) is 33.7 Å². The molecule has 22 heavy (non-hydrogen) atoms. The molecule has 0 saturated heterocycles. The lowest BCUT2D eigenvalue weighted by molar-refractivity contribution is 0.574. The minimum Gasteiger partial charge on any atom is -0.444 e. The molecule has 4 rings (SSSR count). The first-order valence-corrected chi connectivity index (χ1v) is 7.15. The van der Waals surface area contributed by atoms with Crippen molar-refractivity contribution in [2.45, 2.75) is 5.88 Å². The van der Waals surface area contributed by atoms with Gasteiger partial charge in [-0.15, -0.1) is 11.6 Å². The zero-order valence-electron chi connectivity index (χ0n) is 11.3. The number of halogens is 2. The molecule has 2 heterocycles. The molecule has 6 heteroatoms. The average molecular weight is 314 g/mol. The van der Waals surface area contributed by atoms with Crippen molar-refractivity contribution in [3.63, 3.8) is 0 Å². The normalized spacial score (nSPS) is 11.4. The third-order valence-corrected chi connectivity index (χ3v) is 3.62. The smallest absolute Gasteiger partial charge is 0.228 e. The summed E-state index contributed by atoms with van der Waals surface area (Å²) in [5.74, 6) is 0.385. The zero-order valence-corrected chi connectivity index (χ0v) is 12.0. The highest BCUT2D eigenvalue weighted by Gasteiger charge is 2.13. The first-order chi connectivity index (χ1) is 10.7. The van der Waals surface area contributed by atoms with Gasteiger partial charge in [-0.1, -0.05) is 6.07 Å². The summed E-state index contributed by atoms with van der Waals surface area (Å²) in [7, 11) is 0. The molecule has 0 atom stereocenters.